The van der Waals surface area contributed by atoms with Crippen LogP contribution in [0.2, 0.25) is 5.15 Å². The normalized spacial score (nSPS) is 32.3. The van der Waals surface area contributed by atoms with Crippen LogP contribution in [0.25, 0.3) is 11.0 Å². The number of hydrogen-bond donors (Lipinski definition) is 0. The zero-order valence-electron chi connectivity index (χ0n) is 13.0. The molecule has 23 heavy (non-hydrogen) atoms. The third kappa shape index (κ3) is 2.36. The summed E-state index contributed by atoms with van der Waals surface area (Å²) in [7, 11) is 0. The number of aromatic nitrogens is 3. The number of aldehydes is 1. The number of ether oxygens (including phenoxy) is 2. The number of hydrogen-bond acceptors (Lipinski definition) is 5. The van der Waals surface area contributed by atoms with Gasteiger partial charge in [-0.3, -0.25) is 0 Å². The van der Waals surface area contributed by atoms with E-state index in [-0.39, 0.29) is 24.2 Å². The number of carbonyl (C=O) groups excluding carboxylic acids is 1. The lowest BCUT2D eigenvalue weighted by Crippen LogP contribution is -2.27. The molecule has 1 aliphatic carbocycles. The van der Waals surface area contributed by atoms with Crippen LogP contribution < -0.4 is 0 Å². The van der Waals surface area contributed by atoms with Crippen LogP contribution in [0.4, 0.5) is 0 Å². The molecule has 1 aliphatic heterocycles. The topological polar surface area (TPSA) is 66.2 Å². The van der Waals surface area contributed by atoms with E-state index in [9.17, 15) is 4.79 Å². The molecule has 2 fully saturated rings. The van der Waals surface area contributed by atoms with E-state index in [4.69, 9.17) is 21.1 Å². The molecule has 0 spiro atoms. The van der Waals surface area contributed by atoms with Gasteiger partial charge >= 0.3 is 0 Å². The van der Waals surface area contributed by atoms with E-state index in [1.807, 2.05) is 26.1 Å². The van der Waals surface area contributed by atoms with Crippen LogP contribution in [0.15, 0.2) is 18.6 Å². The van der Waals surface area contributed by atoms with Crippen molar-refractivity contribution in [1.82, 2.24) is 14.5 Å². The van der Waals surface area contributed by atoms with Gasteiger partial charge in [-0.25, -0.2) is 9.97 Å². The summed E-state index contributed by atoms with van der Waals surface area (Å²) in [5, 5.41) is 1.26. The third-order valence-electron chi connectivity index (χ3n) is 4.77. The Labute approximate surface area is 138 Å². The fourth-order valence-electron chi connectivity index (χ4n) is 3.89. The predicted octanol–water partition coefficient (Wildman–Crippen LogP) is 2.75. The highest BCUT2D eigenvalue weighted by atomic mass is 35.5. The Hall–Kier alpha value is -1.50. The number of carbonyl (C=O) groups is 1. The van der Waals surface area contributed by atoms with Crippen LogP contribution in [0.5, 0.6) is 0 Å². The van der Waals surface area contributed by atoms with Crippen molar-refractivity contribution in [3.63, 3.8) is 0 Å². The lowest BCUT2D eigenvalue weighted by Gasteiger charge is -2.24. The Balaban J connectivity index is 1.75. The van der Waals surface area contributed by atoms with Crippen molar-refractivity contribution in [2.75, 3.05) is 0 Å². The van der Waals surface area contributed by atoms with Gasteiger partial charge in [0.05, 0.1) is 17.5 Å². The van der Waals surface area contributed by atoms with Crippen molar-refractivity contribution in [3.05, 3.63) is 23.7 Å². The van der Waals surface area contributed by atoms with Crippen LogP contribution in [-0.4, -0.2) is 38.8 Å². The molecule has 0 amide bonds. The monoisotopic (exact) mass is 335 g/mol. The lowest BCUT2D eigenvalue weighted by molar-refractivity contribution is -0.160. The maximum absolute atomic E-state index is 11.0. The van der Waals surface area contributed by atoms with Gasteiger partial charge in [0, 0.05) is 12.6 Å². The summed E-state index contributed by atoms with van der Waals surface area (Å²) in [4.78, 5) is 19.4. The van der Waals surface area contributed by atoms with E-state index in [1.54, 1.807) is 0 Å². The molecule has 2 aliphatic rings. The molecule has 0 radical (unpaired) electrons. The molecule has 3 heterocycles. The second-order valence-electron chi connectivity index (χ2n) is 6.66. The number of halogens is 1. The first-order valence-electron chi connectivity index (χ1n) is 7.76. The fraction of sp³-hybridized carbons (Fsp3) is 0.562. The van der Waals surface area contributed by atoms with Crippen molar-refractivity contribution in [2.45, 2.75) is 50.7 Å². The number of nitrogens with zero attached hydrogens (tertiary/aromatic N) is 3. The maximum atomic E-state index is 11.0. The predicted molar refractivity (Wildman–Crippen MR) is 84.2 cm³/mol. The van der Waals surface area contributed by atoms with E-state index in [0.29, 0.717) is 11.6 Å². The minimum absolute atomic E-state index is 0.0650. The second kappa shape index (κ2) is 5.26. The van der Waals surface area contributed by atoms with Gasteiger partial charge in [-0.15, -0.1) is 0 Å². The molecule has 0 N–H and O–H groups in total. The summed E-state index contributed by atoms with van der Waals surface area (Å²) in [6, 6.07) is 1.98. The van der Waals surface area contributed by atoms with Crippen LogP contribution in [-0.2, 0) is 14.3 Å². The Morgan fingerprint density at radius 2 is 2.17 bits per heavy atom. The van der Waals surface area contributed by atoms with Gasteiger partial charge in [0.1, 0.15) is 29.5 Å². The zero-order chi connectivity index (χ0) is 16.2. The Morgan fingerprint density at radius 1 is 1.39 bits per heavy atom. The molecule has 0 bridgehead atoms. The molecule has 0 aromatic carbocycles. The highest BCUT2D eigenvalue weighted by Crippen LogP contribution is 2.48. The first kappa shape index (κ1) is 15.1. The molecule has 0 unspecified atom stereocenters. The molecule has 1 saturated heterocycles. The van der Waals surface area contributed by atoms with Crippen molar-refractivity contribution in [2.24, 2.45) is 5.92 Å². The van der Waals surface area contributed by atoms with E-state index >= 15 is 0 Å². The molecule has 6 nitrogen and oxygen atoms in total. The molecule has 2 aromatic rings. The maximum Gasteiger partial charge on any atom is 0.163 e. The Kier molecular flexibility index (Phi) is 3.44. The molecular formula is C16H18ClN3O3. The Morgan fingerprint density at radius 3 is 2.96 bits per heavy atom. The van der Waals surface area contributed by atoms with Gasteiger partial charge in [0.25, 0.3) is 0 Å². The van der Waals surface area contributed by atoms with Gasteiger partial charge in [-0.05, 0) is 32.3 Å². The van der Waals surface area contributed by atoms with E-state index in [1.165, 1.54) is 6.33 Å². The highest BCUT2D eigenvalue weighted by molar-refractivity contribution is 6.33. The van der Waals surface area contributed by atoms with E-state index in [2.05, 4.69) is 14.5 Å². The standard InChI is InChI=1S/C16H18ClN3O3/c1-16(2)22-12-9(4-6-21)7-11(13(12)23-16)20-5-3-10-14(17)18-8-19-15(10)20/h3,5-6,8-9,11-13H,4,7H2,1-2H3/t9-,11+,12+,13-/m0/s1. The number of rotatable bonds is 3. The van der Waals surface area contributed by atoms with Crippen LogP contribution in [0.3, 0.4) is 0 Å². The van der Waals surface area contributed by atoms with Crippen LogP contribution in [0.1, 0.15) is 32.7 Å². The quantitative estimate of drug-likeness (QED) is 0.637. The molecule has 4 rings (SSSR count). The fourth-order valence-corrected chi connectivity index (χ4v) is 4.08. The molecule has 4 atom stereocenters. The van der Waals surface area contributed by atoms with E-state index in [0.717, 1.165) is 23.7 Å². The van der Waals surface area contributed by atoms with Crippen molar-refractivity contribution in [3.8, 4) is 0 Å². The second-order valence-corrected chi connectivity index (χ2v) is 7.01. The van der Waals surface area contributed by atoms with E-state index < -0.39 is 5.79 Å². The van der Waals surface area contributed by atoms with Gasteiger partial charge < -0.3 is 18.8 Å². The minimum Gasteiger partial charge on any atom is -0.344 e. The molecule has 2 aromatic heterocycles. The molecule has 1 saturated carbocycles. The summed E-state index contributed by atoms with van der Waals surface area (Å²) in [6.07, 6.45) is 5.51. The molecule has 122 valence electrons. The van der Waals surface area contributed by atoms with Gasteiger partial charge in [-0.1, -0.05) is 11.6 Å². The molecule has 7 heteroatoms. The summed E-state index contributed by atoms with van der Waals surface area (Å²) in [5.41, 5.74) is 0.786. The van der Waals surface area contributed by atoms with Gasteiger partial charge in [-0.2, -0.15) is 0 Å². The van der Waals surface area contributed by atoms with Crippen molar-refractivity contribution >= 4 is 28.9 Å². The first-order valence-corrected chi connectivity index (χ1v) is 8.14. The zero-order valence-corrected chi connectivity index (χ0v) is 13.7. The number of fused-ring (bicyclic) bond motifs is 2. The highest BCUT2D eigenvalue weighted by Gasteiger charge is 2.54. The SMILES string of the molecule is CC1(C)O[C@@H]2[C@@H](CC=O)C[C@@H](n3ccc4c(Cl)ncnc43)[C@@H]2O1. The summed E-state index contributed by atoms with van der Waals surface area (Å²) in [6.45, 7) is 3.82. The average molecular weight is 336 g/mol. The largest absolute Gasteiger partial charge is 0.344 e. The smallest absolute Gasteiger partial charge is 0.163 e. The first-order chi connectivity index (χ1) is 11.0. The summed E-state index contributed by atoms with van der Waals surface area (Å²) < 4.78 is 14.3. The summed E-state index contributed by atoms with van der Waals surface area (Å²) >= 11 is 6.15. The van der Waals surface area contributed by atoms with Gasteiger partial charge in [0.2, 0.25) is 0 Å². The van der Waals surface area contributed by atoms with Crippen LogP contribution >= 0.6 is 11.6 Å². The van der Waals surface area contributed by atoms with Crippen molar-refractivity contribution < 1.29 is 14.3 Å². The summed E-state index contributed by atoms with van der Waals surface area (Å²) in [5.74, 6) is -0.482. The Bertz CT molecular complexity index is 760. The average Bonchev–Trinajstić information content (AvgIpc) is 3.13. The lowest BCUT2D eigenvalue weighted by atomic mass is 10.0. The van der Waals surface area contributed by atoms with Gasteiger partial charge in [0.15, 0.2) is 5.79 Å². The third-order valence-corrected chi connectivity index (χ3v) is 5.07. The van der Waals surface area contributed by atoms with Crippen LogP contribution in [0, 0.1) is 5.92 Å². The minimum atomic E-state index is -0.634. The van der Waals surface area contributed by atoms with Crippen molar-refractivity contribution in [1.29, 1.82) is 0 Å². The molecular weight excluding hydrogens is 318 g/mol.